The third-order valence-electron chi connectivity index (χ3n) is 9.66. The van der Waals surface area contributed by atoms with E-state index in [-0.39, 0.29) is 36.2 Å². The lowest BCUT2D eigenvalue weighted by Gasteiger charge is -2.31. The van der Waals surface area contributed by atoms with E-state index >= 15 is 0 Å². The van der Waals surface area contributed by atoms with Gasteiger partial charge in [-0.3, -0.25) is 9.59 Å². The molecule has 0 spiro atoms. The van der Waals surface area contributed by atoms with Gasteiger partial charge in [0.1, 0.15) is 6.61 Å². The van der Waals surface area contributed by atoms with Crippen LogP contribution in [0.3, 0.4) is 0 Å². The molecule has 51 heavy (non-hydrogen) atoms. The van der Waals surface area contributed by atoms with Crippen LogP contribution in [0.4, 0.5) is 0 Å². The highest BCUT2D eigenvalue weighted by molar-refractivity contribution is 5.72. The number of carboxylic acid groups (broad SMARTS) is 1. The van der Waals surface area contributed by atoms with Gasteiger partial charge >= 0.3 is 17.9 Å². The van der Waals surface area contributed by atoms with Gasteiger partial charge in [0.15, 0.2) is 12.1 Å². The lowest BCUT2D eigenvalue weighted by atomic mass is 10.0. The Kier molecular flexibility index (Phi) is 33.8. The molecule has 8 heteroatoms. The van der Waals surface area contributed by atoms with Gasteiger partial charge in [-0.2, -0.15) is 0 Å². The molecule has 0 aromatic heterocycles. The van der Waals surface area contributed by atoms with Crippen LogP contribution in [0.2, 0.25) is 0 Å². The molecule has 0 aromatic rings. The lowest BCUT2D eigenvalue weighted by molar-refractivity contribution is -0.887. The topological polar surface area (TPSA) is 99.1 Å². The first-order valence-electron chi connectivity index (χ1n) is 21.2. The number of nitrogens with zero attached hydrogens (tertiary/aromatic N) is 1. The molecule has 0 aromatic carbocycles. The second kappa shape index (κ2) is 35.1. The fourth-order valence-electron chi connectivity index (χ4n) is 6.32. The number of rotatable bonds is 38. The summed E-state index contributed by atoms with van der Waals surface area (Å²) in [4.78, 5) is 36.9. The molecule has 1 N–H and O–H groups in total. The second-order valence-electron chi connectivity index (χ2n) is 15.6. The fourth-order valence-corrected chi connectivity index (χ4v) is 6.32. The predicted molar refractivity (Wildman–Crippen MR) is 211 cm³/mol. The highest BCUT2D eigenvalue weighted by atomic mass is 16.6. The summed E-state index contributed by atoms with van der Waals surface area (Å²) in [6.07, 6.45) is 35.3. The van der Waals surface area contributed by atoms with Crippen molar-refractivity contribution in [2.24, 2.45) is 0 Å². The first-order chi connectivity index (χ1) is 24.6. The number of aliphatic carboxylic acids is 1. The van der Waals surface area contributed by atoms with E-state index < -0.39 is 18.1 Å². The highest BCUT2D eigenvalue weighted by Crippen LogP contribution is 2.15. The molecule has 2 unspecified atom stereocenters. The van der Waals surface area contributed by atoms with Crippen LogP contribution in [-0.4, -0.2) is 80.6 Å². The molecule has 0 amide bonds. The maximum Gasteiger partial charge on any atom is 0.362 e. The smallest absolute Gasteiger partial charge is 0.362 e. The molecular weight excluding hydrogens is 642 g/mol. The summed E-state index contributed by atoms with van der Waals surface area (Å²) >= 11 is 0. The standard InChI is InChI=1S/C43H81NO7/c1-6-8-10-12-14-16-18-20-22-24-26-28-30-32-34-42(46)51-39(37-49-36-35-40(43(47)48)44(3,4)5)38-50-41(45)33-31-29-27-25-23-21-19-17-15-13-11-9-7-2/h21,23,39-40H,6-20,22,24-38H2,1-5H3/p+1/b23-21+. The molecular formula is C43H82NO7+. The average Bonchev–Trinajstić information content (AvgIpc) is 3.08. The van der Waals surface area contributed by atoms with Crippen LogP contribution >= 0.6 is 0 Å². The maximum atomic E-state index is 12.7. The minimum absolute atomic E-state index is 0.0534. The van der Waals surface area contributed by atoms with Crippen molar-refractivity contribution >= 4 is 17.9 Å². The minimum Gasteiger partial charge on any atom is -0.477 e. The molecule has 0 aliphatic heterocycles. The van der Waals surface area contributed by atoms with Gasteiger partial charge in [-0.25, -0.2) is 4.79 Å². The van der Waals surface area contributed by atoms with Crippen molar-refractivity contribution in [3.63, 3.8) is 0 Å². The molecule has 2 atom stereocenters. The van der Waals surface area contributed by atoms with Gasteiger partial charge in [-0.15, -0.1) is 0 Å². The molecule has 0 rings (SSSR count). The van der Waals surface area contributed by atoms with Crippen LogP contribution in [0.15, 0.2) is 12.2 Å². The van der Waals surface area contributed by atoms with Crippen molar-refractivity contribution < 1.29 is 38.2 Å². The maximum absolute atomic E-state index is 12.7. The lowest BCUT2D eigenvalue weighted by Crippen LogP contribution is -2.50. The summed E-state index contributed by atoms with van der Waals surface area (Å²) in [5.41, 5.74) is 0. The van der Waals surface area contributed by atoms with Crippen molar-refractivity contribution in [1.29, 1.82) is 0 Å². The van der Waals surface area contributed by atoms with Crippen molar-refractivity contribution in [2.75, 3.05) is 41.0 Å². The number of ether oxygens (including phenoxy) is 3. The SMILES string of the molecule is CCCCCCCC/C=C/CCCCCC(=O)OCC(COCCC(C(=O)O)[N+](C)(C)C)OC(=O)CCCCCCCCCCCCCCCC. The number of esters is 2. The van der Waals surface area contributed by atoms with Gasteiger partial charge in [-0.1, -0.05) is 148 Å². The highest BCUT2D eigenvalue weighted by Gasteiger charge is 2.31. The molecule has 0 radical (unpaired) electrons. The molecule has 0 aliphatic carbocycles. The third-order valence-corrected chi connectivity index (χ3v) is 9.66. The van der Waals surface area contributed by atoms with E-state index in [1.54, 1.807) is 0 Å². The quantitative estimate of drug-likeness (QED) is 0.0293. The Hall–Kier alpha value is -1.93. The predicted octanol–water partition coefficient (Wildman–Crippen LogP) is 11.1. The van der Waals surface area contributed by atoms with Crippen LogP contribution in [-0.2, 0) is 28.6 Å². The Bertz CT molecular complexity index is 854. The zero-order valence-electron chi connectivity index (χ0n) is 34.1. The minimum atomic E-state index is -0.875. The molecule has 300 valence electrons. The van der Waals surface area contributed by atoms with Crippen molar-refractivity contribution in [3.05, 3.63) is 12.2 Å². The van der Waals surface area contributed by atoms with Gasteiger partial charge in [-0.05, 0) is 38.5 Å². The number of allylic oxidation sites excluding steroid dienone is 2. The molecule has 8 nitrogen and oxygen atoms in total. The van der Waals surface area contributed by atoms with Crippen molar-refractivity contribution in [1.82, 2.24) is 0 Å². The number of carbonyl (C=O) groups excluding carboxylic acids is 2. The Morgan fingerprint density at radius 2 is 0.980 bits per heavy atom. The number of unbranched alkanes of at least 4 members (excludes halogenated alkanes) is 22. The van der Waals surface area contributed by atoms with Crippen LogP contribution in [0.5, 0.6) is 0 Å². The van der Waals surface area contributed by atoms with Crippen molar-refractivity contribution in [3.8, 4) is 0 Å². The summed E-state index contributed by atoms with van der Waals surface area (Å²) in [6, 6.07) is -0.611. The van der Waals surface area contributed by atoms with Crippen LogP contribution < -0.4 is 0 Å². The van der Waals surface area contributed by atoms with Crippen LogP contribution in [0.1, 0.15) is 194 Å². The molecule has 0 saturated carbocycles. The zero-order valence-corrected chi connectivity index (χ0v) is 34.1. The average molecular weight is 725 g/mol. The summed E-state index contributed by atoms with van der Waals surface area (Å²) < 4.78 is 17.2. The number of carboxylic acids is 1. The summed E-state index contributed by atoms with van der Waals surface area (Å²) in [6.45, 7) is 4.72. The fraction of sp³-hybridized carbons (Fsp3) is 0.884. The molecule has 0 heterocycles. The Balaban J connectivity index is 4.37. The first-order valence-corrected chi connectivity index (χ1v) is 21.2. The number of carbonyl (C=O) groups is 3. The largest absolute Gasteiger partial charge is 0.477 e. The normalized spacial score (nSPS) is 13.0. The van der Waals surface area contributed by atoms with E-state index in [1.807, 2.05) is 21.1 Å². The number of quaternary nitrogens is 1. The second-order valence-corrected chi connectivity index (χ2v) is 15.6. The monoisotopic (exact) mass is 725 g/mol. The Morgan fingerprint density at radius 1 is 0.569 bits per heavy atom. The van der Waals surface area contributed by atoms with Gasteiger partial charge in [0.2, 0.25) is 0 Å². The first kappa shape index (κ1) is 49.1. The number of likely N-dealkylation sites (N-methyl/N-ethyl adjacent to an activating group) is 1. The molecule has 0 aliphatic rings. The van der Waals surface area contributed by atoms with E-state index in [0.29, 0.717) is 19.3 Å². The zero-order chi connectivity index (χ0) is 37.8. The third kappa shape index (κ3) is 33.6. The van der Waals surface area contributed by atoms with E-state index in [0.717, 1.165) is 51.4 Å². The van der Waals surface area contributed by atoms with E-state index in [9.17, 15) is 19.5 Å². The van der Waals surface area contributed by atoms with Crippen LogP contribution in [0.25, 0.3) is 0 Å². The van der Waals surface area contributed by atoms with Gasteiger partial charge in [0.25, 0.3) is 0 Å². The molecule has 0 saturated heterocycles. The van der Waals surface area contributed by atoms with Crippen molar-refractivity contribution in [2.45, 2.75) is 206 Å². The van der Waals surface area contributed by atoms with E-state index in [4.69, 9.17) is 14.2 Å². The van der Waals surface area contributed by atoms with Gasteiger partial charge in [0.05, 0.1) is 34.4 Å². The van der Waals surface area contributed by atoms with Gasteiger partial charge in [0, 0.05) is 19.3 Å². The van der Waals surface area contributed by atoms with E-state index in [2.05, 4.69) is 26.0 Å². The number of hydrogen-bond acceptors (Lipinski definition) is 6. The van der Waals surface area contributed by atoms with Gasteiger partial charge < -0.3 is 23.8 Å². The number of hydrogen-bond donors (Lipinski definition) is 1. The molecule has 0 fully saturated rings. The Morgan fingerprint density at radius 3 is 1.43 bits per heavy atom. The summed E-state index contributed by atoms with van der Waals surface area (Å²) in [5, 5.41) is 9.60. The summed E-state index contributed by atoms with van der Waals surface area (Å²) in [5.74, 6) is -1.48. The Labute approximate surface area is 314 Å². The van der Waals surface area contributed by atoms with E-state index in [1.165, 1.54) is 109 Å². The summed E-state index contributed by atoms with van der Waals surface area (Å²) in [7, 11) is 5.52. The van der Waals surface area contributed by atoms with Crippen LogP contribution in [0, 0.1) is 0 Å². The molecule has 0 bridgehead atoms.